The van der Waals surface area contributed by atoms with E-state index >= 15 is 0 Å². The average Bonchev–Trinajstić information content (AvgIpc) is 2.78. The van der Waals surface area contributed by atoms with Crippen molar-refractivity contribution in [3.63, 3.8) is 0 Å². The monoisotopic (exact) mass is 358 g/mol. The lowest BCUT2D eigenvalue weighted by Gasteiger charge is -2.09. The quantitative estimate of drug-likeness (QED) is 0.787. The van der Waals surface area contributed by atoms with E-state index in [9.17, 15) is 8.42 Å². The Bertz CT molecular complexity index is 712. The number of nitrogen functional groups attached to an aromatic ring is 1. The highest BCUT2D eigenvalue weighted by Crippen LogP contribution is 2.23. The van der Waals surface area contributed by atoms with Crippen molar-refractivity contribution in [3.05, 3.63) is 40.9 Å². The first-order valence-electron chi connectivity index (χ1n) is 5.91. The minimum Gasteiger partial charge on any atom is -0.399 e. The maximum Gasteiger partial charge on any atom is 0.241 e. The minimum atomic E-state index is -3.59. The lowest BCUT2D eigenvalue weighted by molar-refractivity contribution is 0.579. The molecule has 0 unspecified atom stereocenters. The van der Waals surface area contributed by atoms with Crippen molar-refractivity contribution >= 4 is 31.6 Å². The molecular weight excluding hydrogens is 344 g/mol. The third kappa shape index (κ3) is 3.38. The molecule has 0 aliphatic heterocycles. The highest BCUT2D eigenvalue weighted by Gasteiger charge is 2.17. The van der Waals surface area contributed by atoms with Gasteiger partial charge in [0.05, 0.1) is 4.90 Å². The van der Waals surface area contributed by atoms with Gasteiger partial charge < -0.3 is 10.3 Å². The van der Waals surface area contributed by atoms with Gasteiger partial charge in [-0.1, -0.05) is 0 Å². The normalized spacial score (nSPS) is 11.7. The molecule has 6 nitrogen and oxygen atoms in total. The Labute approximate surface area is 126 Å². The van der Waals surface area contributed by atoms with Crippen LogP contribution >= 0.6 is 15.9 Å². The van der Waals surface area contributed by atoms with Crippen molar-refractivity contribution < 1.29 is 8.42 Å². The number of nitrogens with one attached hydrogen (secondary N) is 1. The van der Waals surface area contributed by atoms with Gasteiger partial charge >= 0.3 is 0 Å². The van der Waals surface area contributed by atoms with Crippen LogP contribution in [-0.2, 0) is 23.5 Å². The minimum absolute atomic E-state index is 0.136. The van der Waals surface area contributed by atoms with Crippen LogP contribution in [-0.4, -0.2) is 24.5 Å². The van der Waals surface area contributed by atoms with Crippen molar-refractivity contribution in [2.75, 3.05) is 12.3 Å². The van der Waals surface area contributed by atoms with E-state index in [4.69, 9.17) is 5.73 Å². The Kier molecular flexibility index (Phi) is 4.46. The molecule has 3 N–H and O–H groups in total. The molecule has 0 radical (unpaired) electrons. The predicted octanol–water partition coefficient (Wildman–Crippen LogP) is 1.29. The standard InChI is InChI=1S/C12H15BrN4O2S/c1-17-7-6-15-12(17)4-5-16-20(18,19)11-8-9(14)2-3-10(11)13/h2-3,6-8,16H,4-5,14H2,1H3. The second-order valence-corrected chi connectivity index (χ2v) is 6.88. The Morgan fingerprint density at radius 1 is 1.45 bits per heavy atom. The van der Waals surface area contributed by atoms with E-state index in [0.29, 0.717) is 16.6 Å². The zero-order valence-corrected chi connectivity index (χ0v) is 13.3. The molecule has 1 aromatic heterocycles. The van der Waals surface area contributed by atoms with E-state index in [2.05, 4.69) is 25.6 Å². The fourth-order valence-corrected chi connectivity index (χ4v) is 3.77. The third-order valence-corrected chi connectivity index (χ3v) is 5.26. The molecule has 0 saturated carbocycles. The molecule has 0 fully saturated rings. The van der Waals surface area contributed by atoms with Crippen molar-refractivity contribution in [1.82, 2.24) is 14.3 Å². The number of halogens is 1. The fourth-order valence-electron chi connectivity index (χ4n) is 1.74. The van der Waals surface area contributed by atoms with Gasteiger partial charge in [0, 0.05) is 42.6 Å². The van der Waals surface area contributed by atoms with Gasteiger partial charge in [0.25, 0.3) is 0 Å². The van der Waals surface area contributed by atoms with Gasteiger partial charge in [-0.2, -0.15) is 0 Å². The lowest BCUT2D eigenvalue weighted by Crippen LogP contribution is -2.27. The Hall–Kier alpha value is -1.38. The van der Waals surface area contributed by atoms with Crippen LogP contribution in [0.4, 0.5) is 5.69 Å². The van der Waals surface area contributed by atoms with E-state index in [1.807, 2.05) is 17.8 Å². The summed E-state index contributed by atoms with van der Waals surface area (Å²) >= 11 is 3.22. The van der Waals surface area contributed by atoms with Gasteiger partial charge in [0.2, 0.25) is 10.0 Å². The molecule has 0 atom stereocenters. The second kappa shape index (κ2) is 5.94. The van der Waals surface area contributed by atoms with E-state index in [-0.39, 0.29) is 11.4 Å². The van der Waals surface area contributed by atoms with Gasteiger partial charge in [0.15, 0.2) is 0 Å². The summed E-state index contributed by atoms with van der Waals surface area (Å²) < 4.78 is 29.3. The van der Waals surface area contributed by atoms with Crippen LogP contribution in [0.2, 0.25) is 0 Å². The first-order valence-corrected chi connectivity index (χ1v) is 8.18. The maximum absolute atomic E-state index is 12.2. The zero-order chi connectivity index (χ0) is 14.8. The van der Waals surface area contributed by atoms with Crippen molar-refractivity contribution in [2.45, 2.75) is 11.3 Å². The zero-order valence-electron chi connectivity index (χ0n) is 10.9. The highest BCUT2D eigenvalue weighted by molar-refractivity contribution is 9.10. The Morgan fingerprint density at radius 3 is 2.85 bits per heavy atom. The molecular formula is C12H15BrN4O2S. The molecule has 2 aromatic rings. The Balaban J connectivity index is 2.08. The number of anilines is 1. The predicted molar refractivity (Wildman–Crippen MR) is 80.7 cm³/mol. The molecule has 1 heterocycles. The fraction of sp³-hybridized carbons (Fsp3) is 0.250. The molecule has 0 aliphatic rings. The summed E-state index contributed by atoms with van der Waals surface area (Å²) in [5, 5.41) is 0. The maximum atomic E-state index is 12.2. The van der Waals surface area contributed by atoms with Crippen LogP contribution in [0.15, 0.2) is 40.0 Å². The number of benzene rings is 1. The second-order valence-electron chi connectivity index (χ2n) is 4.29. The number of aromatic nitrogens is 2. The first-order chi connectivity index (χ1) is 9.40. The molecule has 2 rings (SSSR count). The number of hydrogen-bond acceptors (Lipinski definition) is 4. The molecule has 0 saturated heterocycles. The summed E-state index contributed by atoms with van der Waals surface area (Å²) in [4.78, 5) is 4.28. The molecule has 0 amide bonds. The number of aryl methyl sites for hydroxylation is 1. The van der Waals surface area contributed by atoms with E-state index in [0.717, 1.165) is 5.82 Å². The lowest BCUT2D eigenvalue weighted by atomic mass is 10.3. The summed E-state index contributed by atoms with van der Waals surface area (Å²) in [7, 11) is -1.73. The SMILES string of the molecule is Cn1ccnc1CCNS(=O)(=O)c1cc(N)ccc1Br. The highest BCUT2D eigenvalue weighted by atomic mass is 79.9. The molecule has 1 aromatic carbocycles. The van der Waals surface area contributed by atoms with E-state index in [1.165, 1.54) is 6.07 Å². The van der Waals surface area contributed by atoms with Gasteiger partial charge in [-0.15, -0.1) is 0 Å². The van der Waals surface area contributed by atoms with Crippen molar-refractivity contribution in [1.29, 1.82) is 0 Å². The molecule has 108 valence electrons. The van der Waals surface area contributed by atoms with E-state index in [1.54, 1.807) is 18.3 Å². The summed E-state index contributed by atoms with van der Waals surface area (Å²) in [6, 6.07) is 4.67. The molecule has 20 heavy (non-hydrogen) atoms. The smallest absolute Gasteiger partial charge is 0.241 e. The summed E-state index contributed by atoms with van der Waals surface area (Å²) in [6.07, 6.45) is 4.01. The number of hydrogen-bond donors (Lipinski definition) is 2. The van der Waals surface area contributed by atoms with Crippen LogP contribution in [0.25, 0.3) is 0 Å². The topological polar surface area (TPSA) is 90.0 Å². The van der Waals surface area contributed by atoms with Crippen LogP contribution in [0, 0.1) is 0 Å². The summed E-state index contributed by atoms with van der Waals surface area (Å²) in [6.45, 7) is 0.272. The number of rotatable bonds is 5. The number of nitrogens with two attached hydrogens (primary N) is 1. The van der Waals surface area contributed by atoms with Crippen LogP contribution < -0.4 is 10.5 Å². The third-order valence-electron chi connectivity index (χ3n) is 2.81. The van der Waals surface area contributed by atoms with Gasteiger partial charge in [-0.05, 0) is 34.1 Å². The molecule has 0 spiro atoms. The van der Waals surface area contributed by atoms with Crippen LogP contribution in [0.3, 0.4) is 0 Å². The molecule has 8 heteroatoms. The average molecular weight is 359 g/mol. The van der Waals surface area contributed by atoms with Crippen LogP contribution in [0.1, 0.15) is 5.82 Å². The van der Waals surface area contributed by atoms with Crippen molar-refractivity contribution in [2.24, 2.45) is 7.05 Å². The van der Waals surface area contributed by atoms with E-state index < -0.39 is 10.0 Å². The number of nitrogens with zero attached hydrogens (tertiary/aromatic N) is 2. The first kappa shape index (κ1) is 15.0. The largest absolute Gasteiger partial charge is 0.399 e. The number of sulfonamides is 1. The van der Waals surface area contributed by atoms with Gasteiger partial charge in [-0.25, -0.2) is 18.1 Å². The van der Waals surface area contributed by atoms with Crippen molar-refractivity contribution in [3.8, 4) is 0 Å². The number of imidazole rings is 1. The summed E-state index contributed by atoms with van der Waals surface area (Å²) in [5.41, 5.74) is 6.02. The molecule has 0 bridgehead atoms. The Morgan fingerprint density at radius 2 is 2.20 bits per heavy atom. The van der Waals surface area contributed by atoms with Gasteiger partial charge in [-0.3, -0.25) is 0 Å². The van der Waals surface area contributed by atoms with Gasteiger partial charge in [0.1, 0.15) is 5.82 Å². The molecule has 0 aliphatic carbocycles. The van der Waals surface area contributed by atoms with Crippen LogP contribution in [0.5, 0.6) is 0 Å². The summed E-state index contributed by atoms with van der Waals surface area (Å²) in [5.74, 6) is 0.819.